The summed E-state index contributed by atoms with van der Waals surface area (Å²) >= 11 is 0. The summed E-state index contributed by atoms with van der Waals surface area (Å²) in [6.45, 7) is 7.34. The van der Waals surface area contributed by atoms with Crippen LogP contribution >= 0.6 is 0 Å². The van der Waals surface area contributed by atoms with Crippen molar-refractivity contribution in [3.05, 3.63) is 35.9 Å². The molecule has 0 bridgehead atoms. The molecule has 1 unspecified atom stereocenters. The van der Waals surface area contributed by atoms with Gasteiger partial charge in [-0.3, -0.25) is 9.59 Å². The fourth-order valence-electron chi connectivity index (χ4n) is 3.05. The molecular formula is C19H28N2O3. The lowest BCUT2D eigenvalue weighted by molar-refractivity contribution is -0.143. The topological polar surface area (TPSA) is 58.6 Å². The van der Waals surface area contributed by atoms with Crippen LogP contribution in [0, 0.1) is 5.92 Å². The summed E-state index contributed by atoms with van der Waals surface area (Å²) in [6.07, 6.45) is 1.47. The molecule has 0 aromatic heterocycles. The van der Waals surface area contributed by atoms with Crippen molar-refractivity contribution in [1.29, 1.82) is 0 Å². The largest absolute Gasteiger partial charge is 0.370 e. The molecule has 2 atom stereocenters. The molecular weight excluding hydrogens is 304 g/mol. The average Bonchev–Trinajstić information content (AvgIpc) is 2.63. The summed E-state index contributed by atoms with van der Waals surface area (Å²) in [5.41, 5.74) is 1.07. The van der Waals surface area contributed by atoms with Crippen molar-refractivity contribution in [1.82, 2.24) is 10.2 Å². The van der Waals surface area contributed by atoms with Crippen LogP contribution in [0.1, 0.15) is 45.3 Å². The molecule has 1 aromatic rings. The van der Waals surface area contributed by atoms with Crippen LogP contribution in [0.4, 0.5) is 0 Å². The Hall–Kier alpha value is -1.88. The van der Waals surface area contributed by atoms with Crippen LogP contribution in [0.3, 0.4) is 0 Å². The Morgan fingerprint density at radius 1 is 1.25 bits per heavy atom. The first-order valence-electron chi connectivity index (χ1n) is 8.82. The van der Waals surface area contributed by atoms with Gasteiger partial charge in [-0.15, -0.1) is 0 Å². The van der Waals surface area contributed by atoms with Gasteiger partial charge in [0.25, 0.3) is 0 Å². The quantitative estimate of drug-likeness (QED) is 0.871. The van der Waals surface area contributed by atoms with Gasteiger partial charge in [0.15, 0.2) is 0 Å². The number of ether oxygens (including phenoxy) is 1. The highest BCUT2D eigenvalue weighted by Crippen LogP contribution is 2.22. The predicted molar refractivity (Wildman–Crippen MR) is 93.4 cm³/mol. The minimum Gasteiger partial charge on any atom is -0.370 e. The standard InChI is InChI=1S/C19H28N2O3/c1-4-15(5-2)18(22)20-14(3)19(23)21-11-12-24-17(13-21)16-9-7-6-8-10-16/h6-10,14-15,17H,4-5,11-13H2,1-3H3,(H,20,22)/t14-,17?/m1/s1. The molecule has 1 aliphatic heterocycles. The number of amides is 2. The molecule has 1 heterocycles. The van der Waals surface area contributed by atoms with Gasteiger partial charge in [0.05, 0.1) is 13.2 Å². The molecule has 24 heavy (non-hydrogen) atoms. The molecule has 2 amide bonds. The number of carbonyl (C=O) groups is 2. The minimum atomic E-state index is -0.507. The third-order valence-electron chi connectivity index (χ3n) is 4.64. The van der Waals surface area contributed by atoms with E-state index in [1.807, 2.05) is 44.2 Å². The van der Waals surface area contributed by atoms with Gasteiger partial charge < -0.3 is 15.0 Å². The van der Waals surface area contributed by atoms with Crippen LogP contribution in [0.25, 0.3) is 0 Å². The Morgan fingerprint density at radius 2 is 1.92 bits per heavy atom. The fourth-order valence-corrected chi connectivity index (χ4v) is 3.05. The van der Waals surface area contributed by atoms with Crippen molar-refractivity contribution in [3.8, 4) is 0 Å². The number of hydrogen-bond donors (Lipinski definition) is 1. The van der Waals surface area contributed by atoms with Crippen molar-refractivity contribution in [2.24, 2.45) is 5.92 Å². The molecule has 1 saturated heterocycles. The maximum absolute atomic E-state index is 12.7. The van der Waals surface area contributed by atoms with E-state index in [0.29, 0.717) is 19.7 Å². The molecule has 1 N–H and O–H groups in total. The van der Waals surface area contributed by atoms with Gasteiger partial charge in [-0.05, 0) is 25.3 Å². The SMILES string of the molecule is CCC(CC)C(=O)N[C@H](C)C(=O)N1CCOC(c2ccccc2)C1. The minimum absolute atomic E-state index is 0.0259. The summed E-state index contributed by atoms with van der Waals surface area (Å²) in [5, 5.41) is 2.86. The van der Waals surface area contributed by atoms with E-state index in [0.717, 1.165) is 18.4 Å². The second-order valence-electron chi connectivity index (χ2n) is 6.30. The number of rotatable bonds is 6. The predicted octanol–water partition coefficient (Wildman–Crippen LogP) is 2.53. The van der Waals surface area contributed by atoms with E-state index < -0.39 is 6.04 Å². The Bertz CT molecular complexity index is 543. The third-order valence-corrected chi connectivity index (χ3v) is 4.64. The summed E-state index contributed by atoms with van der Waals surface area (Å²) in [6, 6.07) is 9.42. The van der Waals surface area contributed by atoms with Crippen molar-refractivity contribution >= 4 is 11.8 Å². The van der Waals surface area contributed by atoms with Gasteiger partial charge in [0.1, 0.15) is 12.1 Å². The summed E-state index contributed by atoms with van der Waals surface area (Å²) in [7, 11) is 0. The van der Waals surface area contributed by atoms with Crippen molar-refractivity contribution in [3.63, 3.8) is 0 Å². The first-order chi connectivity index (χ1) is 11.6. The number of nitrogens with one attached hydrogen (secondary N) is 1. The Kier molecular flexibility index (Phi) is 6.79. The van der Waals surface area contributed by atoms with E-state index in [4.69, 9.17) is 4.74 Å². The monoisotopic (exact) mass is 332 g/mol. The van der Waals surface area contributed by atoms with E-state index in [-0.39, 0.29) is 23.8 Å². The highest BCUT2D eigenvalue weighted by atomic mass is 16.5. The molecule has 5 nitrogen and oxygen atoms in total. The third kappa shape index (κ3) is 4.57. The van der Waals surface area contributed by atoms with Gasteiger partial charge in [0, 0.05) is 12.5 Å². The van der Waals surface area contributed by atoms with Gasteiger partial charge in [-0.1, -0.05) is 44.2 Å². The van der Waals surface area contributed by atoms with Crippen LogP contribution < -0.4 is 5.32 Å². The smallest absolute Gasteiger partial charge is 0.245 e. The van der Waals surface area contributed by atoms with Crippen LogP contribution in [-0.4, -0.2) is 42.5 Å². The molecule has 1 aromatic carbocycles. The zero-order valence-electron chi connectivity index (χ0n) is 14.8. The molecule has 2 rings (SSSR count). The summed E-state index contributed by atoms with van der Waals surface area (Å²) in [5.74, 6) is -0.103. The lowest BCUT2D eigenvalue weighted by Crippen LogP contribution is -2.51. The van der Waals surface area contributed by atoms with Gasteiger partial charge in [0.2, 0.25) is 11.8 Å². The van der Waals surface area contributed by atoms with E-state index in [1.165, 1.54) is 0 Å². The number of morpholine rings is 1. The van der Waals surface area contributed by atoms with E-state index >= 15 is 0 Å². The lowest BCUT2D eigenvalue weighted by Gasteiger charge is -2.35. The number of nitrogens with zero attached hydrogens (tertiary/aromatic N) is 1. The van der Waals surface area contributed by atoms with Crippen molar-refractivity contribution < 1.29 is 14.3 Å². The molecule has 0 aliphatic carbocycles. The zero-order chi connectivity index (χ0) is 17.5. The van der Waals surface area contributed by atoms with Crippen molar-refractivity contribution in [2.45, 2.75) is 45.8 Å². The van der Waals surface area contributed by atoms with Gasteiger partial charge >= 0.3 is 0 Å². The zero-order valence-corrected chi connectivity index (χ0v) is 14.8. The molecule has 0 spiro atoms. The summed E-state index contributed by atoms with van der Waals surface area (Å²) < 4.78 is 5.80. The first kappa shape index (κ1) is 18.5. The van der Waals surface area contributed by atoms with Crippen LogP contribution in [0.2, 0.25) is 0 Å². The first-order valence-corrected chi connectivity index (χ1v) is 8.82. The van der Waals surface area contributed by atoms with Gasteiger partial charge in [-0.25, -0.2) is 0 Å². The Labute approximate surface area is 144 Å². The molecule has 5 heteroatoms. The van der Waals surface area contributed by atoms with Gasteiger partial charge in [-0.2, -0.15) is 0 Å². The maximum atomic E-state index is 12.7. The van der Waals surface area contributed by atoms with Crippen molar-refractivity contribution in [2.75, 3.05) is 19.7 Å². The Morgan fingerprint density at radius 3 is 2.54 bits per heavy atom. The highest BCUT2D eigenvalue weighted by Gasteiger charge is 2.29. The molecule has 0 saturated carbocycles. The van der Waals surface area contributed by atoms with E-state index in [2.05, 4.69) is 5.32 Å². The van der Waals surface area contributed by atoms with Crippen LogP contribution in [0.5, 0.6) is 0 Å². The van der Waals surface area contributed by atoms with E-state index in [1.54, 1.807) is 11.8 Å². The fraction of sp³-hybridized carbons (Fsp3) is 0.579. The second kappa shape index (κ2) is 8.83. The Balaban J connectivity index is 1.95. The van der Waals surface area contributed by atoms with Crippen LogP contribution in [0.15, 0.2) is 30.3 Å². The lowest BCUT2D eigenvalue weighted by atomic mass is 10.0. The molecule has 1 fully saturated rings. The molecule has 132 valence electrons. The highest BCUT2D eigenvalue weighted by molar-refractivity contribution is 5.88. The average molecular weight is 332 g/mol. The summed E-state index contributed by atoms with van der Waals surface area (Å²) in [4.78, 5) is 26.6. The van der Waals surface area contributed by atoms with Crippen LogP contribution in [-0.2, 0) is 14.3 Å². The van der Waals surface area contributed by atoms with E-state index in [9.17, 15) is 9.59 Å². The number of benzene rings is 1. The second-order valence-corrected chi connectivity index (χ2v) is 6.30. The molecule has 1 aliphatic rings. The number of hydrogen-bond acceptors (Lipinski definition) is 3. The normalized spacial score (nSPS) is 19.2. The maximum Gasteiger partial charge on any atom is 0.245 e. The molecule has 0 radical (unpaired) electrons. The number of carbonyl (C=O) groups excluding carboxylic acids is 2.